The molecule has 0 fully saturated rings. The molecule has 1 aromatic carbocycles. The average molecular weight is 213 g/mol. The van der Waals surface area contributed by atoms with Crippen LogP contribution in [0.2, 0.25) is 0 Å². The van der Waals surface area contributed by atoms with Gasteiger partial charge >= 0.3 is 0 Å². The number of halogens is 1. The highest BCUT2D eigenvalue weighted by Crippen LogP contribution is 2.12. The summed E-state index contributed by atoms with van der Waals surface area (Å²) in [6.45, 7) is 0.0898. The van der Waals surface area contributed by atoms with Crippen molar-refractivity contribution in [3.63, 3.8) is 0 Å². The molecule has 0 aliphatic rings. The lowest BCUT2D eigenvalue weighted by molar-refractivity contribution is 0.343. The number of aliphatic hydroxyl groups excluding tert-OH is 1. The molecule has 0 radical (unpaired) electrons. The molecule has 1 aromatic rings. The van der Waals surface area contributed by atoms with Gasteiger partial charge in [-0.15, -0.1) is 0 Å². The van der Waals surface area contributed by atoms with Crippen molar-refractivity contribution in [1.82, 2.24) is 0 Å². The Morgan fingerprint density at radius 1 is 1.45 bits per heavy atom. The minimum Gasteiger partial charge on any atom is -0.392 e. The first kappa shape index (κ1) is 8.50. The molecule has 1 N–H and O–H groups in total. The van der Waals surface area contributed by atoms with E-state index < -0.39 is 0 Å². The zero-order valence-electron chi connectivity index (χ0n) is 6.00. The summed E-state index contributed by atoms with van der Waals surface area (Å²) in [4.78, 5) is 0. The second-order valence-electron chi connectivity index (χ2n) is 2.14. The van der Waals surface area contributed by atoms with Crippen molar-refractivity contribution in [1.29, 1.82) is 0 Å². The highest BCUT2D eigenvalue weighted by Gasteiger charge is 1.86. The summed E-state index contributed by atoms with van der Waals surface area (Å²) in [6.07, 6.45) is 3.59. The summed E-state index contributed by atoms with van der Waals surface area (Å²) >= 11 is 3.36. The monoisotopic (exact) mass is 212 g/mol. The SMILES string of the molecule is OCC=Cc1cccc(Br)c1. The second-order valence-corrected chi connectivity index (χ2v) is 3.06. The highest BCUT2D eigenvalue weighted by atomic mass is 79.9. The summed E-state index contributed by atoms with van der Waals surface area (Å²) in [6, 6.07) is 7.90. The van der Waals surface area contributed by atoms with Crippen molar-refractivity contribution in [2.24, 2.45) is 0 Å². The Hall–Kier alpha value is -0.600. The summed E-state index contributed by atoms with van der Waals surface area (Å²) < 4.78 is 1.05. The minimum absolute atomic E-state index is 0.0898. The molecule has 0 aliphatic carbocycles. The highest BCUT2D eigenvalue weighted by molar-refractivity contribution is 9.10. The number of aliphatic hydroxyl groups is 1. The van der Waals surface area contributed by atoms with Crippen LogP contribution in [0.4, 0.5) is 0 Å². The Bertz CT molecular complexity index is 255. The zero-order valence-corrected chi connectivity index (χ0v) is 7.58. The van der Waals surface area contributed by atoms with Crippen molar-refractivity contribution < 1.29 is 5.11 Å². The molecule has 11 heavy (non-hydrogen) atoms. The smallest absolute Gasteiger partial charge is 0.0615 e. The predicted octanol–water partition coefficient (Wildman–Crippen LogP) is 2.45. The van der Waals surface area contributed by atoms with E-state index in [1.807, 2.05) is 30.3 Å². The third-order valence-corrected chi connectivity index (χ3v) is 1.76. The first-order valence-corrected chi connectivity index (χ1v) is 4.15. The third kappa shape index (κ3) is 2.87. The molecule has 1 nitrogen and oxygen atoms in total. The standard InChI is InChI=1S/C9H9BrO/c10-9-5-1-3-8(7-9)4-2-6-11/h1-5,7,11H,6H2. The van der Waals surface area contributed by atoms with Gasteiger partial charge in [-0.05, 0) is 17.7 Å². The van der Waals surface area contributed by atoms with Crippen LogP contribution in [-0.2, 0) is 0 Å². The quantitative estimate of drug-likeness (QED) is 0.799. The van der Waals surface area contributed by atoms with Gasteiger partial charge in [0.25, 0.3) is 0 Å². The lowest BCUT2D eigenvalue weighted by atomic mass is 10.2. The van der Waals surface area contributed by atoms with Crippen molar-refractivity contribution in [3.05, 3.63) is 40.4 Å². The first-order chi connectivity index (χ1) is 5.33. The van der Waals surface area contributed by atoms with Crippen LogP contribution in [0.1, 0.15) is 5.56 Å². The Morgan fingerprint density at radius 2 is 2.27 bits per heavy atom. The Balaban J connectivity index is 2.79. The fraction of sp³-hybridized carbons (Fsp3) is 0.111. The molecule has 0 saturated heterocycles. The van der Waals surface area contributed by atoms with E-state index in [-0.39, 0.29) is 6.61 Å². The lowest BCUT2D eigenvalue weighted by Gasteiger charge is -1.92. The molecular formula is C9H9BrO. The molecule has 0 aliphatic heterocycles. The summed E-state index contributed by atoms with van der Waals surface area (Å²) in [5.41, 5.74) is 1.09. The molecule has 0 spiro atoms. The van der Waals surface area contributed by atoms with Crippen molar-refractivity contribution in [3.8, 4) is 0 Å². The van der Waals surface area contributed by atoms with E-state index in [4.69, 9.17) is 5.11 Å². The molecule has 0 heterocycles. The first-order valence-electron chi connectivity index (χ1n) is 3.36. The van der Waals surface area contributed by atoms with Crippen molar-refractivity contribution in [2.45, 2.75) is 0 Å². The van der Waals surface area contributed by atoms with Gasteiger partial charge in [-0.3, -0.25) is 0 Å². The summed E-state index contributed by atoms with van der Waals surface area (Å²) in [5, 5.41) is 8.50. The van der Waals surface area contributed by atoms with Gasteiger partial charge in [0, 0.05) is 4.47 Å². The summed E-state index contributed by atoms with van der Waals surface area (Å²) in [5.74, 6) is 0. The van der Waals surface area contributed by atoms with Crippen LogP contribution in [0, 0.1) is 0 Å². The molecule has 0 saturated carbocycles. The van der Waals surface area contributed by atoms with E-state index in [2.05, 4.69) is 15.9 Å². The van der Waals surface area contributed by atoms with Gasteiger partial charge in [-0.2, -0.15) is 0 Å². The number of rotatable bonds is 2. The van der Waals surface area contributed by atoms with E-state index >= 15 is 0 Å². The number of hydrogen-bond donors (Lipinski definition) is 1. The number of benzene rings is 1. The molecule has 0 unspecified atom stereocenters. The van der Waals surface area contributed by atoms with E-state index in [1.54, 1.807) is 6.08 Å². The Labute approximate surface area is 74.5 Å². The average Bonchev–Trinajstić information content (AvgIpc) is 2.01. The third-order valence-electron chi connectivity index (χ3n) is 1.26. The predicted molar refractivity (Wildman–Crippen MR) is 50.3 cm³/mol. The van der Waals surface area contributed by atoms with E-state index in [9.17, 15) is 0 Å². The minimum atomic E-state index is 0.0898. The van der Waals surface area contributed by atoms with Crippen LogP contribution in [0.15, 0.2) is 34.8 Å². The van der Waals surface area contributed by atoms with Gasteiger partial charge in [-0.25, -0.2) is 0 Å². The van der Waals surface area contributed by atoms with Crippen LogP contribution in [0.5, 0.6) is 0 Å². The molecular weight excluding hydrogens is 204 g/mol. The van der Waals surface area contributed by atoms with Crippen LogP contribution >= 0.6 is 15.9 Å². The number of hydrogen-bond acceptors (Lipinski definition) is 1. The second kappa shape index (κ2) is 4.31. The van der Waals surface area contributed by atoms with Gasteiger partial charge in [-0.1, -0.05) is 40.2 Å². The fourth-order valence-electron chi connectivity index (χ4n) is 0.799. The maximum absolute atomic E-state index is 8.50. The Morgan fingerprint density at radius 3 is 2.91 bits per heavy atom. The molecule has 0 atom stereocenters. The molecule has 1 rings (SSSR count). The summed E-state index contributed by atoms with van der Waals surface area (Å²) in [7, 11) is 0. The normalized spacial score (nSPS) is 10.7. The maximum Gasteiger partial charge on any atom is 0.0615 e. The van der Waals surface area contributed by atoms with Gasteiger partial charge in [0.1, 0.15) is 0 Å². The van der Waals surface area contributed by atoms with Gasteiger partial charge in [0.2, 0.25) is 0 Å². The molecule has 0 bridgehead atoms. The molecule has 0 aromatic heterocycles. The largest absolute Gasteiger partial charge is 0.392 e. The van der Waals surface area contributed by atoms with Crippen molar-refractivity contribution in [2.75, 3.05) is 6.61 Å². The molecule has 58 valence electrons. The van der Waals surface area contributed by atoms with Crippen LogP contribution in [0.25, 0.3) is 6.08 Å². The van der Waals surface area contributed by atoms with Crippen molar-refractivity contribution >= 4 is 22.0 Å². The zero-order chi connectivity index (χ0) is 8.10. The van der Waals surface area contributed by atoms with E-state index in [1.165, 1.54) is 0 Å². The maximum atomic E-state index is 8.50. The van der Waals surface area contributed by atoms with Crippen LogP contribution < -0.4 is 0 Å². The van der Waals surface area contributed by atoms with Crippen LogP contribution in [0.3, 0.4) is 0 Å². The van der Waals surface area contributed by atoms with Gasteiger partial charge in [0.05, 0.1) is 6.61 Å². The fourth-order valence-corrected chi connectivity index (χ4v) is 1.22. The topological polar surface area (TPSA) is 20.2 Å². The van der Waals surface area contributed by atoms with E-state index in [0.29, 0.717) is 0 Å². The van der Waals surface area contributed by atoms with Crippen LogP contribution in [-0.4, -0.2) is 11.7 Å². The van der Waals surface area contributed by atoms with E-state index in [0.717, 1.165) is 10.0 Å². The van der Waals surface area contributed by atoms with Gasteiger partial charge < -0.3 is 5.11 Å². The molecule has 2 heteroatoms. The lowest BCUT2D eigenvalue weighted by Crippen LogP contribution is -1.73. The van der Waals surface area contributed by atoms with Gasteiger partial charge in [0.15, 0.2) is 0 Å². The Kier molecular flexibility index (Phi) is 3.33. The molecule has 0 amide bonds.